The fourth-order valence-electron chi connectivity index (χ4n) is 2.09. The molecule has 1 heterocycles. The van der Waals surface area contributed by atoms with Crippen molar-refractivity contribution in [3.8, 4) is 0 Å². The molecular weight excluding hydrogens is 202 g/mol. The summed E-state index contributed by atoms with van der Waals surface area (Å²) in [6, 6.07) is 0. The lowest BCUT2D eigenvalue weighted by atomic mass is 10.0. The van der Waals surface area contributed by atoms with Gasteiger partial charge in [0, 0.05) is 19.6 Å². The third-order valence-electron chi connectivity index (χ3n) is 3.24. The Morgan fingerprint density at radius 1 is 1.19 bits per heavy atom. The molecule has 0 aromatic heterocycles. The first-order valence-electron chi connectivity index (χ1n) is 6.78. The first-order valence-corrected chi connectivity index (χ1v) is 6.78. The van der Waals surface area contributed by atoms with E-state index in [0.29, 0.717) is 19.8 Å². The van der Waals surface area contributed by atoms with Crippen molar-refractivity contribution in [3.63, 3.8) is 0 Å². The molecule has 96 valence electrons. The van der Waals surface area contributed by atoms with Gasteiger partial charge >= 0.3 is 0 Å². The molecule has 0 saturated carbocycles. The molecule has 16 heavy (non-hydrogen) atoms. The number of aliphatic hydroxyl groups is 1. The highest BCUT2D eigenvalue weighted by Crippen LogP contribution is 2.16. The maximum Gasteiger partial charge on any atom is 0.102 e. The van der Waals surface area contributed by atoms with Gasteiger partial charge in [-0.15, -0.1) is 0 Å². The van der Waals surface area contributed by atoms with E-state index in [1.807, 2.05) is 0 Å². The van der Waals surface area contributed by atoms with Gasteiger partial charge in [0.2, 0.25) is 0 Å². The van der Waals surface area contributed by atoms with Crippen molar-refractivity contribution in [1.29, 1.82) is 0 Å². The lowest BCUT2D eigenvalue weighted by Gasteiger charge is -2.20. The maximum absolute atomic E-state index is 9.98. The molecule has 1 unspecified atom stereocenters. The molecule has 1 aliphatic rings. The summed E-state index contributed by atoms with van der Waals surface area (Å²) in [6.07, 6.45) is 8.70. The fourth-order valence-corrected chi connectivity index (χ4v) is 2.09. The summed E-state index contributed by atoms with van der Waals surface area (Å²) in [6.45, 7) is 5.15. The molecule has 0 bridgehead atoms. The van der Waals surface area contributed by atoms with Gasteiger partial charge in [0.15, 0.2) is 0 Å². The smallest absolute Gasteiger partial charge is 0.102 e. The molecule has 1 aliphatic heterocycles. The van der Waals surface area contributed by atoms with Crippen LogP contribution in [0, 0.1) is 0 Å². The largest absolute Gasteiger partial charge is 0.386 e. The van der Waals surface area contributed by atoms with Crippen LogP contribution in [0.1, 0.15) is 51.9 Å². The average Bonchev–Trinajstić information content (AvgIpc) is 2.70. The predicted octanol–water partition coefficient (Wildman–Crippen LogP) is 2.09. The molecule has 0 amide bonds. The number of nitrogens with one attached hydrogen (secondary N) is 1. The second-order valence-electron chi connectivity index (χ2n) is 4.97. The third kappa shape index (κ3) is 5.83. The van der Waals surface area contributed by atoms with Gasteiger partial charge in [0.1, 0.15) is 5.60 Å². The lowest BCUT2D eigenvalue weighted by Crippen LogP contribution is -2.41. The molecule has 2 N–H and O–H groups in total. The Bertz CT molecular complexity index is 167. The van der Waals surface area contributed by atoms with Crippen LogP contribution >= 0.6 is 0 Å². The zero-order chi connectivity index (χ0) is 11.7. The Kier molecular flexibility index (Phi) is 7.01. The first kappa shape index (κ1) is 13.9. The Labute approximate surface area is 99.6 Å². The molecule has 1 rings (SSSR count). The summed E-state index contributed by atoms with van der Waals surface area (Å²) in [7, 11) is 0. The summed E-state index contributed by atoms with van der Waals surface area (Å²) in [5.74, 6) is 0. The summed E-state index contributed by atoms with van der Waals surface area (Å²) in [5.41, 5.74) is -0.595. The summed E-state index contributed by atoms with van der Waals surface area (Å²) < 4.78 is 5.19. The van der Waals surface area contributed by atoms with Crippen LogP contribution in [0.3, 0.4) is 0 Å². The third-order valence-corrected chi connectivity index (χ3v) is 3.24. The first-order chi connectivity index (χ1) is 7.77. The van der Waals surface area contributed by atoms with Crippen molar-refractivity contribution in [1.82, 2.24) is 5.32 Å². The van der Waals surface area contributed by atoms with E-state index < -0.39 is 5.60 Å². The Hall–Kier alpha value is -0.120. The normalized spacial score (nSPS) is 25.1. The standard InChI is InChI=1S/C13H27NO2/c1-2-3-4-5-6-7-9-14-11-13(15)8-10-16-12-13/h14-15H,2-12H2,1H3. The number of hydrogen-bond donors (Lipinski definition) is 2. The van der Waals surface area contributed by atoms with Crippen molar-refractivity contribution in [3.05, 3.63) is 0 Å². The van der Waals surface area contributed by atoms with Crippen LogP contribution in [-0.2, 0) is 4.74 Å². The van der Waals surface area contributed by atoms with E-state index in [4.69, 9.17) is 4.74 Å². The quantitative estimate of drug-likeness (QED) is 0.595. The number of rotatable bonds is 9. The predicted molar refractivity (Wildman–Crippen MR) is 66.6 cm³/mol. The average molecular weight is 229 g/mol. The molecule has 3 nitrogen and oxygen atoms in total. The van der Waals surface area contributed by atoms with Crippen molar-refractivity contribution < 1.29 is 9.84 Å². The minimum absolute atomic E-state index is 0.497. The van der Waals surface area contributed by atoms with Crippen molar-refractivity contribution in [2.24, 2.45) is 0 Å². The second kappa shape index (κ2) is 8.04. The van der Waals surface area contributed by atoms with Crippen LogP contribution < -0.4 is 5.32 Å². The summed E-state index contributed by atoms with van der Waals surface area (Å²) >= 11 is 0. The fraction of sp³-hybridized carbons (Fsp3) is 1.00. The van der Waals surface area contributed by atoms with Gasteiger partial charge in [-0.2, -0.15) is 0 Å². The molecule has 0 radical (unpaired) electrons. The van der Waals surface area contributed by atoms with Gasteiger partial charge in [-0.3, -0.25) is 0 Å². The molecule has 1 atom stereocenters. The number of hydrogen-bond acceptors (Lipinski definition) is 3. The van der Waals surface area contributed by atoms with E-state index in [2.05, 4.69) is 12.2 Å². The van der Waals surface area contributed by atoms with Crippen molar-refractivity contribution in [2.75, 3.05) is 26.3 Å². The minimum atomic E-state index is -0.595. The van der Waals surface area contributed by atoms with Gasteiger partial charge in [0.25, 0.3) is 0 Å². The Morgan fingerprint density at radius 2 is 1.94 bits per heavy atom. The van der Waals surface area contributed by atoms with Crippen molar-refractivity contribution in [2.45, 2.75) is 57.5 Å². The van der Waals surface area contributed by atoms with E-state index in [1.54, 1.807) is 0 Å². The van der Waals surface area contributed by atoms with Gasteiger partial charge in [-0.05, 0) is 13.0 Å². The van der Waals surface area contributed by atoms with E-state index >= 15 is 0 Å². The zero-order valence-electron chi connectivity index (χ0n) is 10.6. The molecule has 1 saturated heterocycles. The van der Waals surface area contributed by atoms with Crippen LogP contribution in [-0.4, -0.2) is 37.0 Å². The molecule has 0 aliphatic carbocycles. The van der Waals surface area contributed by atoms with Gasteiger partial charge < -0.3 is 15.2 Å². The number of ether oxygens (including phenoxy) is 1. The molecule has 0 spiro atoms. The van der Waals surface area contributed by atoms with Crippen LogP contribution in [0.2, 0.25) is 0 Å². The minimum Gasteiger partial charge on any atom is -0.386 e. The van der Waals surface area contributed by atoms with Gasteiger partial charge in [0.05, 0.1) is 6.61 Å². The van der Waals surface area contributed by atoms with E-state index in [9.17, 15) is 5.11 Å². The Balaban J connectivity index is 1.84. The maximum atomic E-state index is 9.98. The monoisotopic (exact) mass is 229 g/mol. The molecule has 1 fully saturated rings. The zero-order valence-corrected chi connectivity index (χ0v) is 10.6. The topological polar surface area (TPSA) is 41.5 Å². The van der Waals surface area contributed by atoms with Crippen LogP contribution in [0.4, 0.5) is 0 Å². The van der Waals surface area contributed by atoms with Gasteiger partial charge in [-0.25, -0.2) is 0 Å². The van der Waals surface area contributed by atoms with Crippen LogP contribution in [0.5, 0.6) is 0 Å². The van der Waals surface area contributed by atoms with E-state index in [0.717, 1.165) is 13.0 Å². The highest BCUT2D eigenvalue weighted by Gasteiger charge is 2.31. The highest BCUT2D eigenvalue weighted by molar-refractivity contribution is 4.84. The van der Waals surface area contributed by atoms with Crippen LogP contribution in [0.25, 0.3) is 0 Å². The highest BCUT2D eigenvalue weighted by atomic mass is 16.5. The van der Waals surface area contributed by atoms with E-state index in [-0.39, 0.29) is 0 Å². The summed E-state index contributed by atoms with van der Waals surface area (Å²) in [4.78, 5) is 0. The molecular formula is C13H27NO2. The molecule has 0 aromatic carbocycles. The Morgan fingerprint density at radius 3 is 2.62 bits per heavy atom. The molecule has 0 aromatic rings. The lowest BCUT2D eigenvalue weighted by molar-refractivity contribution is 0.0272. The second-order valence-corrected chi connectivity index (χ2v) is 4.97. The van der Waals surface area contributed by atoms with Crippen molar-refractivity contribution >= 4 is 0 Å². The van der Waals surface area contributed by atoms with Crippen LogP contribution in [0.15, 0.2) is 0 Å². The molecule has 3 heteroatoms. The number of unbranched alkanes of at least 4 members (excludes halogenated alkanes) is 5. The van der Waals surface area contributed by atoms with E-state index in [1.165, 1.54) is 38.5 Å². The summed E-state index contributed by atoms with van der Waals surface area (Å²) in [5, 5.41) is 13.3. The SMILES string of the molecule is CCCCCCCCNCC1(O)CCOC1. The van der Waals surface area contributed by atoms with Gasteiger partial charge in [-0.1, -0.05) is 39.0 Å².